The zero-order valence-corrected chi connectivity index (χ0v) is 28.9. The summed E-state index contributed by atoms with van der Waals surface area (Å²) in [6.07, 6.45) is 0.171. The molecule has 0 bridgehead atoms. The van der Waals surface area contributed by atoms with Crippen molar-refractivity contribution in [2.75, 3.05) is 25.1 Å². The number of carbonyl (C=O) groups excluding carboxylic acids is 2. The van der Waals surface area contributed by atoms with Crippen molar-refractivity contribution in [3.8, 4) is 11.5 Å². The molecule has 4 rings (SSSR count). The Hall–Kier alpha value is -4.25. The van der Waals surface area contributed by atoms with Gasteiger partial charge in [0.15, 0.2) is 11.5 Å². The lowest BCUT2D eigenvalue weighted by atomic mass is 10.0. The number of rotatable bonds is 14. The van der Waals surface area contributed by atoms with Gasteiger partial charge in [0.05, 0.1) is 24.8 Å². The van der Waals surface area contributed by atoms with E-state index in [9.17, 15) is 18.0 Å². The van der Waals surface area contributed by atoms with Crippen LogP contribution < -0.4 is 19.1 Å². The van der Waals surface area contributed by atoms with Gasteiger partial charge in [0.1, 0.15) is 12.6 Å². The van der Waals surface area contributed by atoms with Crippen LogP contribution in [0.2, 0.25) is 10.0 Å². The first-order chi connectivity index (χ1) is 22.4. The fourth-order valence-electron chi connectivity index (χ4n) is 5.00. The number of nitrogens with zero attached hydrogens (tertiary/aromatic N) is 2. The second-order valence-corrected chi connectivity index (χ2v) is 13.7. The zero-order valence-electron chi connectivity index (χ0n) is 26.5. The Labute approximate surface area is 286 Å². The number of carbonyl (C=O) groups is 2. The van der Waals surface area contributed by atoms with Crippen molar-refractivity contribution in [3.05, 3.63) is 118 Å². The van der Waals surface area contributed by atoms with Gasteiger partial charge in [0.25, 0.3) is 10.0 Å². The summed E-state index contributed by atoms with van der Waals surface area (Å²) < 4.78 is 40.3. The molecule has 0 saturated heterocycles. The molecule has 0 saturated carbocycles. The maximum atomic E-state index is 14.6. The Bertz CT molecular complexity index is 1790. The number of halogens is 2. The molecular formula is C35H37Cl2N3O6S. The smallest absolute Gasteiger partial charge is 0.264 e. The van der Waals surface area contributed by atoms with Crippen molar-refractivity contribution >= 4 is 50.7 Å². The van der Waals surface area contributed by atoms with E-state index >= 15 is 0 Å². The highest BCUT2D eigenvalue weighted by molar-refractivity contribution is 7.92. The van der Waals surface area contributed by atoms with Crippen LogP contribution >= 0.6 is 23.2 Å². The molecule has 47 heavy (non-hydrogen) atoms. The van der Waals surface area contributed by atoms with E-state index in [1.54, 1.807) is 48.5 Å². The topological polar surface area (TPSA) is 105 Å². The van der Waals surface area contributed by atoms with E-state index in [0.717, 1.165) is 9.87 Å². The van der Waals surface area contributed by atoms with Crippen LogP contribution in [0.25, 0.3) is 0 Å². The van der Waals surface area contributed by atoms with E-state index in [1.807, 2.05) is 44.2 Å². The van der Waals surface area contributed by atoms with Gasteiger partial charge < -0.3 is 19.7 Å². The van der Waals surface area contributed by atoms with Crippen molar-refractivity contribution in [2.45, 2.75) is 43.8 Å². The summed E-state index contributed by atoms with van der Waals surface area (Å²) in [5.41, 5.74) is 1.61. The molecule has 248 valence electrons. The zero-order chi connectivity index (χ0) is 34.1. The predicted molar refractivity (Wildman–Crippen MR) is 185 cm³/mol. The van der Waals surface area contributed by atoms with Gasteiger partial charge in [-0.15, -0.1) is 0 Å². The van der Waals surface area contributed by atoms with E-state index in [0.29, 0.717) is 21.4 Å². The van der Waals surface area contributed by atoms with Gasteiger partial charge >= 0.3 is 0 Å². The summed E-state index contributed by atoms with van der Waals surface area (Å²) in [6, 6.07) is 25.4. The van der Waals surface area contributed by atoms with E-state index in [4.69, 9.17) is 32.7 Å². The Balaban J connectivity index is 1.83. The molecular weight excluding hydrogens is 661 g/mol. The third kappa shape index (κ3) is 8.97. The van der Waals surface area contributed by atoms with Crippen molar-refractivity contribution in [1.29, 1.82) is 0 Å². The van der Waals surface area contributed by atoms with Crippen LogP contribution in [0.3, 0.4) is 0 Å². The highest BCUT2D eigenvalue weighted by atomic mass is 35.5. The Morgan fingerprint density at radius 2 is 1.47 bits per heavy atom. The summed E-state index contributed by atoms with van der Waals surface area (Å²) in [5, 5.41) is 3.64. The summed E-state index contributed by atoms with van der Waals surface area (Å²) in [7, 11) is -1.49. The number of hydrogen-bond acceptors (Lipinski definition) is 6. The van der Waals surface area contributed by atoms with Gasteiger partial charge in [0.2, 0.25) is 11.8 Å². The first kappa shape index (κ1) is 35.6. The third-order valence-corrected chi connectivity index (χ3v) is 9.68. The first-order valence-corrected chi connectivity index (χ1v) is 17.0. The normalized spacial score (nSPS) is 11.9. The molecule has 0 heterocycles. The molecule has 1 unspecified atom stereocenters. The van der Waals surface area contributed by atoms with Crippen LogP contribution in [-0.2, 0) is 32.6 Å². The molecule has 1 N–H and O–H groups in total. The largest absolute Gasteiger partial charge is 0.493 e. The van der Waals surface area contributed by atoms with Crippen LogP contribution in [0.4, 0.5) is 5.69 Å². The molecule has 0 fully saturated rings. The van der Waals surface area contributed by atoms with Crippen molar-refractivity contribution in [1.82, 2.24) is 10.2 Å². The predicted octanol–water partition coefficient (Wildman–Crippen LogP) is 6.37. The second-order valence-electron chi connectivity index (χ2n) is 11.0. The Morgan fingerprint density at radius 3 is 2.06 bits per heavy atom. The van der Waals surface area contributed by atoms with E-state index < -0.39 is 34.4 Å². The van der Waals surface area contributed by atoms with Crippen LogP contribution in [0.15, 0.2) is 102 Å². The van der Waals surface area contributed by atoms with E-state index in [2.05, 4.69) is 5.32 Å². The number of ether oxygens (including phenoxy) is 2. The lowest BCUT2D eigenvalue weighted by molar-refractivity contribution is -0.140. The lowest BCUT2D eigenvalue weighted by Gasteiger charge is -2.34. The fourth-order valence-corrected chi connectivity index (χ4v) is 6.89. The van der Waals surface area contributed by atoms with Crippen LogP contribution in [0.1, 0.15) is 25.0 Å². The van der Waals surface area contributed by atoms with E-state index in [-0.39, 0.29) is 35.3 Å². The molecule has 2 amide bonds. The van der Waals surface area contributed by atoms with Gasteiger partial charge in [-0.3, -0.25) is 13.9 Å². The molecule has 0 radical (unpaired) electrons. The fraction of sp³-hybridized carbons (Fsp3) is 0.257. The standard InChI is InChI=1S/C35H37Cl2N3O6S/c1-24(2)38-35(42)31(19-25-11-7-5-8-12-25)39(22-26-15-16-27(36)20-30(26)37)34(41)23-40(28-13-9-6-10-14-28)47(43,44)29-17-18-32(45-3)33(21-29)46-4/h5-18,20-21,24,31H,19,22-23H2,1-4H3,(H,38,42). The summed E-state index contributed by atoms with van der Waals surface area (Å²) in [6.45, 7) is 2.95. The Kier molecular flexibility index (Phi) is 12.1. The SMILES string of the molecule is COc1ccc(S(=O)(=O)N(CC(=O)N(Cc2ccc(Cl)cc2Cl)C(Cc2ccccc2)C(=O)NC(C)C)c2ccccc2)cc1OC. The highest BCUT2D eigenvalue weighted by Crippen LogP contribution is 2.33. The number of benzene rings is 4. The molecule has 0 aliphatic rings. The molecule has 4 aromatic rings. The Morgan fingerprint density at radius 1 is 0.830 bits per heavy atom. The minimum Gasteiger partial charge on any atom is -0.493 e. The minimum absolute atomic E-state index is 0.0864. The van der Waals surface area contributed by atoms with Crippen molar-refractivity contribution in [2.24, 2.45) is 0 Å². The summed E-state index contributed by atoms with van der Waals surface area (Å²) in [5.74, 6) is -0.458. The first-order valence-electron chi connectivity index (χ1n) is 14.8. The van der Waals surface area contributed by atoms with Gasteiger partial charge in [-0.2, -0.15) is 0 Å². The third-order valence-electron chi connectivity index (χ3n) is 7.32. The summed E-state index contributed by atoms with van der Waals surface area (Å²) >= 11 is 12.7. The molecule has 0 spiro atoms. The molecule has 12 heteroatoms. The van der Waals surface area contributed by atoms with Crippen LogP contribution in [0.5, 0.6) is 11.5 Å². The summed E-state index contributed by atoms with van der Waals surface area (Å²) in [4.78, 5) is 29.6. The number of anilines is 1. The quantitative estimate of drug-likeness (QED) is 0.164. The molecule has 0 aliphatic carbocycles. The maximum absolute atomic E-state index is 14.6. The number of nitrogens with one attached hydrogen (secondary N) is 1. The average Bonchev–Trinajstić information content (AvgIpc) is 3.06. The molecule has 4 aromatic carbocycles. The van der Waals surface area contributed by atoms with Crippen molar-refractivity contribution < 1.29 is 27.5 Å². The molecule has 9 nitrogen and oxygen atoms in total. The average molecular weight is 699 g/mol. The molecule has 1 atom stereocenters. The molecule has 0 aliphatic heterocycles. The number of methoxy groups -OCH3 is 2. The van der Waals surface area contributed by atoms with Crippen LogP contribution in [-0.4, -0.2) is 58.0 Å². The number of para-hydroxylation sites is 1. The number of sulfonamides is 1. The number of hydrogen-bond donors (Lipinski definition) is 1. The monoisotopic (exact) mass is 697 g/mol. The molecule has 0 aromatic heterocycles. The van der Waals surface area contributed by atoms with Gasteiger partial charge in [-0.25, -0.2) is 8.42 Å². The van der Waals surface area contributed by atoms with Crippen molar-refractivity contribution in [3.63, 3.8) is 0 Å². The minimum atomic E-state index is -4.34. The second kappa shape index (κ2) is 16.0. The highest BCUT2D eigenvalue weighted by Gasteiger charge is 2.35. The maximum Gasteiger partial charge on any atom is 0.264 e. The van der Waals surface area contributed by atoms with Gasteiger partial charge in [0, 0.05) is 35.1 Å². The van der Waals surface area contributed by atoms with Crippen LogP contribution in [0, 0.1) is 0 Å². The lowest BCUT2D eigenvalue weighted by Crippen LogP contribution is -2.54. The number of amides is 2. The van der Waals surface area contributed by atoms with E-state index in [1.165, 1.54) is 37.3 Å². The van der Waals surface area contributed by atoms with Gasteiger partial charge in [-0.05, 0) is 61.4 Å². The van der Waals surface area contributed by atoms with Gasteiger partial charge in [-0.1, -0.05) is 77.8 Å².